The zero-order valence-corrected chi connectivity index (χ0v) is 11.2. The first-order valence-electron chi connectivity index (χ1n) is 6.51. The van der Waals surface area contributed by atoms with Gasteiger partial charge in [0.1, 0.15) is 5.82 Å². The normalized spacial score (nSPS) is 13.2. The number of alkyl halides is 3. The van der Waals surface area contributed by atoms with E-state index >= 15 is 0 Å². The molecule has 2 rings (SSSR count). The fraction of sp³-hybridized carbons (Fsp3) is 0.250. The van der Waals surface area contributed by atoms with E-state index in [4.69, 9.17) is 5.73 Å². The first-order chi connectivity index (χ1) is 9.84. The minimum Gasteiger partial charge on any atom is -0.327 e. The number of halogens is 4. The van der Waals surface area contributed by atoms with Crippen molar-refractivity contribution in [1.82, 2.24) is 0 Å². The molecular weight excluding hydrogens is 282 g/mol. The minimum atomic E-state index is -4.36. The first kappa shape index (κ1) is 15.5. The quantitative estimate of drug-likeness (QED) is 0.849. The average Bonchev–Trinajstić information content (AvgIpc) is 2.37. The van der Waals surface area contributed by atoms with Crippen LogP contribution in [0.15, 0.2) is 48.5 Å². The molecule has 0 heterocycles. The highest BCUT2D eigenvalue weighted by Crippen LogP contribution is 2.29. The van der Waals surface area contributed by atoms with Gasteiger partial charge >= 0.3 is 6.18 Å². The lowest BCUT2D eigenvalue weighted by Gasteiger charge is -2.13. The van der Waals surface area contributed by atoms with Crippen molar-refractivity contribution in [3.05, 3.63) is 71.0 Å². The zero-order valence-electron chi connectivity index (χ0n) is 11.2. The van der Waals surface area contributed by atoms with Crippen molar-refractivity contribution in [2.75, 3.05) is 0 Å². The summed E-state index contributed by atoms with van der Waals surface area (Å²) in [5.41, 5.74) is 6.51. The molecule has 1 atom stereocenters. The van der Waals surface area contributed by atoms with Gasteiger partial charge in [-0.25, -0.2) is 4.39 Å². The third-order valence-corrected chi connectivity index (χ3v) is 3.14. The molecule has 0 aromatic heterocycles. The first-order valence-corrected chi connectivity index (χ1v) is 6.51. The van der Waals surface area contributed by atoms with E-state index in [0.29, 0.717) is 18.4 Å². The summed E-state index contributed by atoms with van der Waals surface area (Å²) in [6.07, 6.45) is -3.64. The third kappa shape index (κ3) is 4.56. The Labute approximate surface area is 120 Å². The fourth-order valence-corrected chi connectivity index (χ4v) is 2.22. The van der Waals surface area contributed by atoms with Gasteiger partial charge in [-0.15, -0.1) is 0 Å². The standard InChI is InChI=1S/C16H15F4N/c17-14-6-2-4-12(8-14)10-15(21)9-11-3-1-5-13(7-11)16(18,19)20/h1-8,15H,9-10,21H2. The molecule has 0 saturated carbocycles. The van der Waals surface area contributed by atoms with Gasteiger partial charge < -0.3 is 5.73 Å². The molecule has 2 aromatic carbocycles. The number of hydrogen-bond acceptors (Lipinski definition) is 1. The van der Waals surface area contributed by atoms with Crippen LogP contribution in [0, 0.1) is 5.82 Å². The molecule has 2 aromatic rings. The summed E-state index contributed by atoms with van der Waals surface area (Å²) in [6, 6.07) is 10.8. The van der Waals surface area contributed by atoms with Crippen LogP contribution in [0.5, 0.6) is 0 Å². The lowest BCUT2D eigenvalue weighted by atomic mass is 9.98. The molecule has 0 aliphatic heterocycles. The molecule has 0 saturated heterocycles. The highest BCUT2D eigenvalue weighted by Gasteiger charge is 2.30. The van der Waals surface area contributed by atoms with Crippen molar-refractivity contribution < 1.29 is 17.6 Å². The van der Waals surface area contributed by atoms with Crippen LogP contribution < -0.4 is 5.73 Å². The number of benzene rings is 2. The largest absolute Gasteiger partial charge is 0.416 e. The van der Waals surface area contributed by atoms with Gasteiger partial charge in [-0.05, 0) is 42.2 Å². The van der Waals surface area contributed by atoms with Crippen molar-refractivity contribution in [2.24, 2.45) is 5.73 Å². The highest BCUT2D eigenvalue weighted by atomic mass is 19.4. The third-order valence-electron chi connectivity index (χ3n) is 3.14. The molecule has 5 heteroatoms. The highest BCUT2D eigenvalue weighted by molar-refractivity contribution is 5.27. The van der Waals surface area contributed by atoms with E-state index in [-0.39, 0.29) is 11.9 Å². The fourth-order valence-electron chi connectivity index (χ4n) is 2.22. The maximum Gasteiger partial charge on any atom is 0.416 e. The molecule has 0 amide bonds. The lowest BCUT2D eigenvalue weighted by molar-refractivity contribution is -0.137. The van der Waals surface area contributed by atoms with Crippen molar-refractivity contribution in [2.45, 2.75) is 25.1 Å². The van der Waals surface area contributed by atoms with Crippen LogP contribution in [0.25, 0.3) is 0 Å². The molecule has 2 N–H and O–H groups in total. The molecule has 21 heavy (non-hydrogen) atoms. The summed E-state index contributed by atoms with van der Waals surface area (Å²) < 4.78 is 50.9. The van der Waals surface area contributed by atoms with Crippen molar-refractivity contribution in [3.8, 4) is 0 Å². The van der Waals surface area contributed by atoms with Crippen LogP contribution in [0.3, 0.4) is 0 Å². The molecule has 0 aliphatic rings. The number of nitrogens with two attached hydrogens (primary N) is 1. The van der Waals surface area contributed by atoms with Crippen LogP contribution in [-0.4, -0.2) is 6.04 Å². The van der Waals surface area contributed by atoms with E-state index in [1.807, 2.05) is 0 Å². The molecule has 1 unspecified atom stereocenters. The molecule has 0 bridgehead atoms. The number of hydrogen-bond donors (Lipinski definition) is 1. The van der Waals surface area contributed by atoms with Crippen molar-refractivity contribution >= 4 is 0 Å². The second kappa shape index (κ2) is 6.26. The molecular formula is C16H15F4N. The summed E-state index contributed by atoms with van der Waals surface area (Å²) in [5, 5.41) is 0. The summed E-state index contributed by atoms with van der Waals surface area (Å²) in [7, 11) is 0. The Morgan fingerprint density at radius 3 is 2.05 bits per heavy atom. The Balaban J connectivity index is 2.04. The molecule has 0 aliphatic carbocycles. The van der Waals surface area contributed by atoms with Gasteiger partial charge in [0.25, 0.3) is 0 Å². The second-order valence-corrected chi connectivity index (χ2v) is 5.00. The smallest absolute Gasteiger partial charge is 0.327 e. The van der Waals surface area contributed by atoms with E-state index in [0.717, 1.165) is 17.7 Å². The van der Waals surface area contributed by atoms with Crippen molar-refractivity contribution in [3.63, 3.8) is 0 Å². The maximum atomic E-state index is 13.1. The van der Waals surface area contributed by atoms with Crippen LogP contribution in [0.1, 0.15) is 16.7 Å². The van der Waals surface area contributed by atoms with E-state index in [9.17, 15) is 17.6 Å². The summed E-state index contributed by atoms with van der Waals surface area (Å²) in [5.74, 6) is -0.348. The van der Waals surface area contributed by atoms with Crippen LogP contribution in [0.2, 0.25) is 0 Å². The summed E-state index contributed by atoms with van der Waals surface area (Å²) >= 11 is 0. The zero-order chi connectivity index (χ0) is 15.5. The Bertz CT molecular complexity index is 607. The average molecular weight is 297 g/mol. The van der Waals surface area contributed by atoms with Gasteiger partial charge in [0.15, 0.2) is 0 Å². The SMILES string of the molecule is NC(Cc1cccc(F)c1)Cc1cccc(C(F)(F)F)c1. The van der Waals surface area contributed by atoms with E-state index in [1.54, 1.807) is 18.2 Å². The van der Waals surface area contributed by atoms with E-state index < -0.39 is 11.7 Å². The van der Waals surface area contributed by atoms with E-state index in [1.165, 1.54) is 18.2 Å². The topological polar surface area (TPSA) is 26.0 Å². The van der Waals surface area contributed by atoms with Gasteiger partial charge in [-0.3, -0.25) is 0 Å². The lowest BCUT2D eigenvalue weighted by Crippen LogP contribution is -2.25. The monoisotopic (exact) mass is 297 g/mol. The summed E-state index contributed by atoms with van der Waals surface area (Å²) in [6.45, 7) is 0. The molecule has 112 valence electrons. The summed E-state index contributed by atoms with van der Waals surface area (Å²) in [4.78, 5) is 0. The second-order valence-electron chi connectivity index (χ2n) is 5.00. The molecule has 0 spiro atoms. The van der Waals surface area contributed by atoms with Crippen LogP contribution in [0.4, 0.5) is 17.6 Å². The Morgan fingerprint density at radius 2 is 1.48 bits per heavy atom. The van der Waals surface area contributed by atoms with E-state index in [2.05, 4.69) is 0 Å². The van der Waals surface area contributed by atoms with Gasteiger partial charge in [0.05, 0.1) is 5.56 Å². The minimum absolute atomic E-state index is 0.306. The van der Waals surface area contributed by atoms with Gasteiger partial charge in [-0.1, -0.05) is 30.3 Å². The number of rotatable bonds is 4. The Morgan fingerprint density at radius 1 is 0.905 bits per heavy atom. The van der Waals surface area contributed by atoms with Gasteiger partial charge in [0, 0.05) is 6.04 Å². The van der Waals surface area contributed by atoms with Crippen molar-refractivity contribution in [1.29, 1.82) is 0 Å². The van der Waals surface area contributed by atoms with Gasteiger partial charge in [-0.2, -0.15) is 13.2 Å². The molecule has 1 nitrogen and oxygen atoms in total. The predicted octanol–water partition coefficient (Wildman–Crippen LogP) is 3.96. The predicted molar refractivity (Wildman–Crippen MR) is 73.2 cm³/mol. The molecule has 0 radical (unpaired) electrons. The molecule has 0 fully saturated rings. The Kier molecular flexibility index (Phi) is 4.63. The van der Waals surface area contributed by atoms with Gasteiger partial charge in [0.2, 0.25) is 0 Å². The van der Waals surface area contributed by atoms with Crippen LogP contribution >= 0.6 is 0 Å². The Hall–Kier alpha value is -1.88. The maximum absolute atomic E-state index is 13.1. The van der Waals surface area contributed by atoms with Crippen LogP contribution in [-0.2, 0) is 19.0 Å².